The van der Waals surface area contributed by atoms with Gasteiger partial charge < -0.3 is 5.32 Å². The lowest BCUT2D eigenvalue weighted by atomic mass is 9.92. The average Bonchev–Trinajstić information content (AvgIpc) is 2.67. The van der Waals surface area contributed by atoms with Crippen LogP contribution < -0.4 is 5.32 Å². The first-order chi connectivity index (χ1) is 7.57. The zero-order valence-electron chi connectivity index (χ0n) is 10.5. The fourth-order valence-electron chi connectivity index (χ4n) is 2.28. The van der Waals surface area contributed by atoms with Crippen LogP contribution in [0.2, 0.25) is 0 Å². The van der Waals surface area contributed by atoms with E-state index in [1.165, 1.54) is 18.5 Å². The number of piperidine rings is 1. The van der Waals surface area contributed by atoms with E-state index in [1.807, 2.05) is 6.20 Å². The highest BCUT2D eigenvalue weighted by atomic mass is 15.4. The number of hydrogen-bond donors (Lipinski definition) is 1. The first-order valence-electron chi connectivity index (χ1n) is 6.17. The summed E-state index contributed by atoms with van der Waals surface area (Å²) in [7, 11) is 0. The van der Waals surface area contributed by atoms with Gasteiger partial charge >= 0.3 is 0 Å². The Hall–Kier alpha value is -0.900. The summed E-state index contributed by atoms with van der Waals surface area (Å²) in [6.45, 7) is 9.95. The topological polar surface area (TPSA) is 42.7 Å². The van der Waals surface area contributed by atoms with Gasteiger partial charge in [-0.3, -0.25) is 0 Å². The molecule has 16 heavy (non-hydrogen) atoms. The van der Waals surface area contributed by atoms with Gasteiger partial charge in [-0.25, -0.2) is 4.68 Å². The Kier molecular flexibility index (Phi) is 3.28. The van der Waals surface area contributed by atoms with Crippen LogP contribution in [0.15, 0.2) is 6.20 Å². The van der Waals surface area contributed by atoms with Crippen LogP contribution in [0, 0.1) is 5.92 Å². The fourth-order valence-corrected chi connectivity index (χ4v) is 2.28. The van der Waals surface area contributed by atoms with Crippen molar-refractivity contribution in [3.05, 3.63) is 11.9 Å². The molecule has 0 spiro atoms. The van der Waals surface area contributed by atoms with Crippen LogP contribution in [0.3, 0.4) is 0 Å². The Bertz CT molecular complexity index is 331. The SMILES string of the molecule is CC(C)(C)c1cnnn1CC1CCNCC1. The van der Waals surface area contributed by atoms with Crippen molar-refractivity contribution in [3.8, 4) is 0 Å². The molecule has 0 bridgehead atoms. The molecule has 0 atom stereocenters. The highest BCUT2D eigenvalue weighted by molar-refractivity contribution is 5.07. The van der Waals surface area contributed by atoms with E-state index in [4.69, 9.17) is 0 Å². The van der Waals surface area contributed by atoms with Crippen molar-refractivity contribution in [1.29, 1.82) is 0 Å². The van der Waals surface area contributed by atoms with Gasteiger partial charge in [0.1, 0.15) is 0 Å². The molecular formula is C12H22N4. The highest BCUT2D eigenvalue weighted by Crippen LogP contribution is 2.23. The van der Waals surface area contributed by atoms with Crippen molar-refractivity contribution >= 4 is 0 Å². The van der Waals surface area contributed by atoms with Gasteiger partial charge in [0.15, 0.2) is 0 Å². The smallest absolute Gasteiger partial charge is 0.0730 e. The zero-order chi connectivity index (χ0) is 11.6. The van der Waals surface area contributed by atoms with E-state index in [1.54, 1.807) is 0 Å². The molecule has 1 saturated heterocycles. The third-order valence-electron chi connectivity index (χ3n) is 3.28. The summed E-state index contributed by atoms with van der Waals surface area (Å²) in [6.07, 6.45) is 4.41. The molecule has 1 aromatic rings. The van der Waals surface area contributed by atoms with Crippen molar-refractivity contribution in [1.82, 2.24) is 20.3 Å². The molecule has 1 aliphatic heterocycles. The largest absolute Gasteiger partial charge is 0.317 e. The van der Waals surface area contributed by atoms with E-state index in [9.17, 15) is 0 Å². The molecule has 0 aromatic carbocycles. The second-order valence-electron chi connectivity index (χ2n) is 5.74. The molecule has 0 unspecified atom stereocenters. The van der Waals surface area contributed by atoms with E-state index in [-0.39, 0.29) is 5.41 Å². The van der Waals surface area contributed by atoms with Crippen molar-refractivity contribution in [2.45, 2.75) is 45.6 Å². The molecule has 0 aliphatic carbocycles. The monoisotopic (exact) mass is 222 g/mol. The second kappa shape index (κ2) is 4.53. The maximum absolute atomic E-state index is 4.22. The summed E-state index contributed by atoms with van der Waals surface area (Å²) in [4.78, 5) is 0. The first kappa shape index (κ1) is 11.6. The lowest BCUT2D eigenvalue weighted by Gasteiger charge is -2.25. The minimum atomic E-state index is 0.135. The second-order valence-corrected chi connectivity index (χ2v) is 5.74. The molecule has 1 N–H and O–H groups in total. The third-order valence-corrected chi connectivity index (χ3v) is 3.28. The van der Waals surface area contributed by atoms with E-state index in [0.717, 1.165) is 25.6 Å². The Morgan fingerprint density at radius 2 is 2.06 bits per heavy atom. The highest BCUT2D eigenvalue weighted by Gasteiger charge is 2.22. The first-order valence-corrected chi connectivity index (χ1v) is 6.17. The van der Waals surface area contributed by atoms with E-state index < -0.39 is 0 Å². The molecule has 4 nitrogen and oxygen atoms in total. The third kappa shape index (κ3) is 2.61. The van der Waals surface area contributed by atoms with Crippen LogP contribution in [0.5, 0.6) is 0 Å². The normalized spacial score (nSPS) is 18.9. The van der Waals surface area contributed by atoms with Crippen LogP contribution in [-0.2, 0) is 12.0 Å². The summed E-state index contributed by atoms with van der Waals surface area (Å²) >= 11 is 0. The number of aromatic nitrogens is 3. The molecule has 4 heteroatoms. The summed E-state index contributed by atoms with van der Waals surface area (Å²) in [6, 6.07) is 0. The Labute approximate surface area is 97.4 Å². The summed E-state index contributed by atoms with van der Waals surface area (Å²) in [5, 5.41) is 11.7. The Balaban J connectivity index is 2.06. The van der Waals surface area contributed by atoms with Gasteiger partial charge in [-0.05, 0) is 31.8 Å². The van der Waals surface area contributed by atoms with Crippen molar-refractivity contribution in [3.63, 3.8) is 0 Å². The molecule has 0 radical (unpaired) electrons. The minimum Gasteiger partial charge on any atom is -0.317 e. The molecule has 0 saturated carbocycles. The number of nitrogens with zero attached hydrogens (tertiary/aromatic N) is 3. The average molecular weight is 222 g/mol. The van der Waals surface area contributed by atoms with Crippen molar-refractivity contribution < 1.29 is 0 Å². The molecule has 1 aromatic heterocycles. The summed E-state index contributed by atoms with van der Waals surface area (Å²) in [5.41, 5.74) is 1.38. The molecule has 0 amide bonds. The summed E-state index contributed by atoms with van der Waals surface area (Å²) < 4.78 is 2.09. The molecular weight excluding hydrogens is 200 g/mol. The summed E-state index contributed by atoms with van der Waals surface area (Å²) in [5.74, 6) is 0.754. The predicted octanol–water partition coefficient (Wildman–Crippen LogP) is 1.58. The Morgan fingerprint density at radius 1 is 1.38 bits per heavy atom. The van der Waals surface area contributed by atoms with Gasteiger partial charge in [-0.2, -0.15) is 0 Å². The van der Waals surface area contributed by atoms with Crippen LogP contribution in [-0.4, -0.2) is 28.1 Å². The lowest BCUT2D eigenvalue weighted by molar-refractivity contribution is 0.307. The van der Waals surface area contributed by atoms with Gasteiger partial charge in [0.05, 0.1) is 11.9 Å². The molecule has 2 heterocycles. The van der Waals surface area contributed by atoms with Crippen LogP contribution >= 0.6 is 0 Å². The number of rotatable bonds is 2. The quantitative estimate of drug-likeness (QED) is 0.826. The van der Waals surface area contributed by atoms with Gasteiger partial charge in [0, 0.05) is 12.0 Å². The maximum Gasteiger partial charge on any atom is 0.0730 e. The van der Waals surface area contributed by atoms with Gasteiger partial charge in [0.2, 0.25) is 0 Å². The predicted molar refractivity (Wildman–Crippen MR) is 64.3 cm³/mol. The fraction of sp³-hybridized carbons (Fsp3) is 0.833. The van der Waals surface area contributed by atoms with Crippen molar-refractivity contribution in [2.75, 3.05) is 13.1 Å². The van der Waals surface area contributed by atoms with Gasteiger partial charge in [-0.1, -0.05) is 26.0 Å². The van der Waals surface area contributed by atoms with E-state index in [2.05, 4.69) is 41.1 Å². The van der Waals surface area contributed by atoms with Crippen LogP contribution in [0.25, 0.3) is 0 Å². The standard InChI is InChI=1S/C12H22N4/c1-12(2,3)11-8-14-15-16(11)9-10-4-6-13-7-5-10/h8,10,13H,4-7,9H2,1-3H3. The van der Waals surface area contributed by atoms with E-state index >= 15 is 0 Å². The van der Waals surface area contributed by atoms with Crippen LogP contribution in [0.1, 0.15) is 39.3 Å². The Morgan fingerprint density at radius 3 is 2.69 bits per heavy atom. The minimum absolute atomic E-state index is 0.135. The van der Waals surface area contributed by atoms with Gasteiger partial charge in [0.25, 0.3) is 0 Å². The zero-order valence-corrected chi connectivity index (χ0v) is 10.5. The van der Waals surface area contributed by atoms with Crippen molar-refractivity contribution in [2.24, 2.45) is 5.92 Å². The number of hydrogen-bond acceptors (Lipinski definition) is 3. The molecule has 1 aliphatic rings. The van der Waals surface area contributed by atoms with Gasteiger partial charge in [-0.15, -0.1) is 5.10 Å². The molecule has 90 valence electrons. The van der Waals surface area contributed by atoms with Crippen LogP contribution in [0.4, 0.5) is 0 Å². The number of nitrogens with one attached hydrogen (secondary N) is 1. The molecule has 2 rings (SSSR count). The van der Waals surface area contributed by atoms with E-state index in [0.29, 0.717) is 0 Å². The lowest BCUT2D eigenvalue weighted by Crippen LogP contribution is -2.31. The maximum atomic E-state index is 4.22. The molecule has 1 fully saturated rings.